The quantitative estimate of drug-likeness (QED) is 0.777. The first-order valence-corrected chi connectivity index (χ1v) is 4.21. The summed E-state index contributed by atoms with van der Waals surface area (Å²) in [5.41, 5.74) is 6.31. The van der Waals surface area contributed by atoms with Crippen molar-refractivity contribution in [1.29, 1.82) is 0 Å². The Morgan fingerprint density at radius 2 is 1.75 bits per heavy atom. The normalized spacial score (nSPS) is 13.0. The van der Waals surface area contributed by atoms with E-state index in [0.717, 1.165) is 5.56 Å². The van der Waals surface area contributed by atoms with Gasteiger partial charge in [-0.25, -0.2) is 0 Å². The van der Waals surface area contributed by atoms with E-state index in [1.165, 1.54) is 0 Å². The number of benzene rings is 1. The Morgan fingerprint density at radius 1 is 1.25 bits per heavy atom. The van der Waals surface area contributed by atoms with Gasteiger partial charge in [-0.1, -0.05) is 23.2 Å². The van der Waals surface area contributed by atoms with E-state index >= 15 is 0 Å². The molecule has 0 fully saturated rings. The SMILES string of the molecule is N[C@H](CO)c1cc(Cl)cc(Cl)c1. The number of aliphatic hydroxyl groups is 1. The van der Waals surface area contributed by atoms with Crippen LogP contribution in [0.5, 0.6) is 0 Å². The van der Waals surface area contributed by atoms with Crippen molar-refractivity contribution in [2.24, 2.45) is 5.73 Å². The predicted octanol–water partition coefficient (Wildman–Crippen LogP) is 1.99. The summed E-state index contributed by atoms with van der Waals surface area (Å²) in [6.07, 6.45) is 0. The lowest BCUT2D eigenvalue weighted by molar-refractivity contribution is 0.268. The standard InChI is InChI=1S/C8H9Cl2NO/c9-6-1-5(8(11)4-12)2-7(10)3-6/h1-3,8,12H,4,11H2/t8-/m1/s1. The average molecular weight is 206 g/mol. The Hall–Kier alpha value is -0.280. The molecule has 0 heterocycles. The monoisotopic (exact) mass is 205 g/mol. The molecule has 1 aromatic rings. The second-order valence-electron chi connectivity index (χ2n) is 2.49. The highest BCUT2D eigenvalue weighted by atomic mass is 35.5. The van der Waals surface area contributed by atoms with Crippen molar-refractivity contribution in [2.45, 2.75) is 6.04 Å². The first kappa shape index (κ1) is 9.81. The van der Waals surface area contributed by atoms with Gasteiger partial charge in [-0.15, -0.1) is 0 Å². The minimum atomic E-state index is -0.416. The smallest absolute Gasteiger partial charge is 0.0624 e. The van der Waals surface area contributed by atoms with Crippen LogP contribution in [-0.2, 0) is 0 Å². The van der Waals surface area contributed by atoms with Crippen LogP contribution in [-0.4, -0.2) is 11.7 Å². The third-order valence-corrected chi connectivity index (χ3v) is 1.95. The largest absolute Gasteiger partial charge is 0.394 e. The molecule has 3 N–H and O–H groups in total. The van der Waals surface area contributed by atoms with Gasteiger partial charge in [-0.05, 0) is 23.8 Å². The van der Waals surface area contributed by atoms with Crippen LogP contribution in [0.3, 0.4) is 0 Å². The lowest BCUT2D eigenvalue weighted by Gasteiger charge is -2.08. The summed E-state index contributed by atoms with van der Waals surface area (Å²) in [5.74, 6) is 0. The predicted molar refractivity (Wildman–Crippen MR) is 50.5 cm³/mol. The number of hydrogen-bond acceptors (Lipinski definition) is 2. The van der Waals surface area contributed by atoms with E-state index in [0.29, 0.717) is 10.0 Å². The summed E-state index contributed by atoms with van der Waals surface area (Å²) >= 11 is 11.5. The maximum atomic E-state index is 8.76. The maximum absolute atomic E-state index is 8.76. The molecule has 0 aromatic heterocycles. The third kappa shape index (κ3) is 2.35. The average Bonchev–Trinajstić information content (AvgIpc) is 2.01. The molecular weight excluding hydrogens is 197 g/mol. The Labute approximate surface area is 80.9 Å². The summed E-state index contributed by atoms with van der Waals surface area (Å²) in [5, 5.41) is 9.82. The van der Waals surface area contributed by atoms with Crippen molar-refractivity contribution in [3.63, 3.8) is 0 Å². The van der Waals surface area contributed by atoms with Crippen LogP contribution < -0.4 is 5.73 Å². The van der Waals surface area contributed by atoms with Crippen LogP contribution in [0.15, 0.2) is 18.2 Å². The molecule has 1 aromatic carbocycles. The minimum absolute atomic E-state index is 0.114. The lowest BCUT2D eigenvalue weighted by atomic mass is 10.1. The summed E-state index contributed by atoms with van der Waals surface area (Å²) in [6.45, 7) is -0.114. The van der Waals surface area contributed by atoms with E-state index in [1.54, 1.807) is 18.2 Å². The summed E-state index contributed by atoms with van der Waals surface area (Å²) in [4.78, 5) is 0. The second kappa shape index (κ2) is 4.10. The van der Waals surface area contributed by atoms with Crippen molar-refractivity contribution in [3.05, 3.63) is 33.8 Å². The van der Waals surface area contributed by atoms with E-state index in [2.05, 4.69) is 0 Å². The molecule has 1 rings (SSSR count). The van der Waals surface area contributed by atoms with Crippen LogP contribution in [0.1, 0.15) is 11.6 Å². The molecule has 0 aliphatic heterocycles. The Balaban J connectivity index is 3.00. The van der Waals surface area contributed by atoms with Gasteiger partial charge in [0.2, 0.25) is 0 Å². The zero-order valence-electron chi connectivity index (χ0n) is 6.30. The highest BCUT2D eigenvalue weighted by molar-refractivity contribution is 6.34. The van der Waals surface area contributed by atoms with Gasteiger partial charge in [0, 0.05) is 10.0 Å². The van der Waals surface area contributed by atoms with Crippen LogP contribution >= 0.6 is 23.2 Å². The fourth-order valence-corrected chi connectivity index (χ4v) is 1.44. The van der Waals surface area contributed by atoms with Gasteiger partial charge in [0.1, 0.15) is 0 Å². The molecule has 0 amide bonds. The highest BCUT2D eigenvalue weighted by Crippen LogP contribution is 2.22. The zero-order chi connectivity index (χ0) is 9.14. The van der Waals surface area contributed by atoms with E-state index in [9.17, 15) is 0 Å². The molecule has 12 heavy (non-hydrogen) atoms. The zero-order valence-corrected chi connectivity index (χ0v) is 7.81. The van der Waals surface area contributed by atoms with Gasteiger partial charge in [0.05, 0.1) is 12.6 Å². The molecule has 1 atom stereocenters. The number of halogens is 2. The molecule has 0 saturated carbocycles. The minimum Gasteiger partial charge on any atom is -0.394 e. The van der Waals surface area contributed by atoms with Crippen molar-refractivity contribution in [2.75, 3.05) is 6.61 Å². The van der Waals surface area contributed by atoms with E-state index < -0.39 is 6.04 Å². The van der Waals surface area contributed by atoms with E-state index in [4.69, 9.17) is 34.0 Å². The van der Waals surface area contributed by atoms with Crippen LogP contribution in [0.4, 0.5) is 0 Å². The van der Waals surface area contributed by atoms with Crippen molar-refractivity contribution in [3.8, 4) is 0 Å². The molecule has 0 radical (unpaired) electrons. The second-order valence-corrected chi connectivity index (χ2v) is 3.36. The Morgan fingerprint density at radius 3 is 2.17 bits per heavy atom. The first-order valence-electron chi connectivity index (χ1n) is 3.46. The number of rotatable bonds is 2. The van der Waals surface area contributed by atoms with Crippen molar-refractivity contribution < 1.29 is 5.11 Å². The molecule has 0 spiro atoms. The fraction of sp³-hybridized carbons (Fsp3) is 0.250. The molecule has 2 nitrogen and oxygen atoms in total. The van der Waals surface area contributed by atoms with Crippen molar-refractivity contribution in [1.82, 2.24) is 0 Å². The Kier molecular flexibility index (Phi) is 3.35. The van der Waals surface area contributed by atoms with Gasteiger partial charge < -0.3 is 10.8 Å². The number of hydrogen-bond donors (Lipinski definition) is 2. The lowest BCUT2D eigenvalue weighted by Crippen LogP contribution is -2.14. The fourth-order valence-electron chi connectivity index (χ4n) is 0.895. The number of nitrogens with two attached hydrogens (primary N) is 1. The molecule has 0 unspecified atom stereocenters. The summed E-state index contributed by atoms with van der Waals surface area (Å²) in [7, 11) is 0. The molecule has 0 saturated heterocycles. The van der Waals surface area contributed by atoms with E-state index in [1.807, 2.05) is 0 Å². The molecule has 4 heteroatoms. The molecule has 0 bridgehead atoms. The van der Waals surface area contributed by atoms with Crippen LogP contribution in [0.2, 0.25) is 10.0 Å². The third-order valence-electron chi connectivity index (χ3n) is 1.51. The molecule has 66 valence electrons. The number of aliphatic hydroxyl groups excluding tert-OH is 1. The topological polar surface area (TPSA) is 46.2 Å². The molecule has 0 aliphatic carbocycles. The van der Waals surface area contributed by atoms with Crippen LogP contribution in [0, 0.1) is 0 Å². The van der Waals surface area contributed by atoms with Crippen molar-refractivity contribution >= 4 is 23.2 Å². The van der Waals surface area contributed by atoms with Gasteiger partial charge in [-0.3, -0.25) is 0 Å². The van der Waals surface area contributed by atoms with E-state index in [-0.39, 0.29) is 6.61 Å². The van der Waals surface area contributed by atoms with Gasteiger partial charge in [-0.2, -0.15) is 0 Å². The molecular formula is C8H9Cl2NO. The van der Waals surface area contributed by atoms with Gasteiger partial charge in [0.25, 0.3) is 0 Å². The highest BCUT2D eigenvalue weighted by Gasteiger charge is 2.05. The van der Waals surface area contributed by atoms with Crippen LogP contribution in [0.25, 0.3) is 0 Å². The Bertz CT molecular complexity index is 258. The maximum Gasteiger partial charge on any atom is 0.0624 e. The summed E-state index contributed by atoms with van der Waals surface area (Å²) < 4.78 is 0. The first-order chi connectivity index (χ1) is 5.63. The summed E-state index contributed by atoms with van der Waals surface area (Å²) in [6, 6.07) is 4.58. The van der Waals surface area contributed by atoms with Gasteiger partial charge in [0.15, 0.2) is 0 Å². The van der Waals surface area contributed by atoms with Gasteiger partial charge >= 0.3 is 0 Å². The molecule has 0 aliphatic rings.